The molecule has 0 atom stereocenters. The quantitative estimate of drug-likeness (QED) is 0.832. The van der Waals surface area contributed by atoms with Gasteiger partial charge in [-0.3, -0.25) is 9.36 Å². The zero-order valence-electron chi connectivity index (χ0n) is 13.3. The average Bonchev–Trinajstić information content (AvgIpc) is 2.57. The summed E-state index contributed by atoms with van der Waals surface area (Å²) in [5.41, 5.74) is 1.21. The van der Waals surface area contributed by atoms with Gasteiger partial charge in [0, 0.05) is 17.3 Å². The van der Waals surface area contributed by atoms with E-state index in [0.29, 0.717) is 5.92 Å². The van der Waals surface area contributed by atoms with Gasteiger partial charge in [-0.25, -0.2) is 0 Å². The van der Waals surface area contributed by atoms with Gasteiger partial charge in [-0.1, -0.05) is 25.3 Å². The molecule has 0 aliphatic heterocycles. The van der Waals surface area contributed by atoms with E-state index in [2.05, 4.69) is 6.07 Å². The van der Waals surface area contributed by atoms with E-state index < -0.39 is 0 Å². The van der Waals surface area contributed by atoms with Crippen molar-refractivity contribution in [1.29, 1.82) is 0 Å². The maximum absolute atomic E-state index is 12.9. The molecule has 0 unspecified atom stereocenters. The first-order chi connectivity index (χ1) is 10.7. The molecule has 0 N–H and O–H groups in total. The van der Waals surface area contributed by atoms with Crippen molar-refractivity contribution in [2.24, 2.45) is 0 Å². The van der Waals surface area contributed by atoms with Crippen molar-refractivity contribution < 1.29 is 4.74 Å². The molecular formula is C19H23NO2. The lowest BCUT2D eigenvalue weighted by atomic mass is 9.86. The molecule has 1 aromatic heterocycles. The third-order valence-electron chi connectivity index (χ3n) is 4.61. The normalized spacial score (nSPS) is 16.5. The van der Waals surface area contributed by atoms with E-state index in [1.54, 1.807) is 7.11 Å². The van der Waals surface area contributed by atoms with Gasteiger partial charge in [-0.15, -0.1) is 0 Å². The first-order valence-electron chi connectivity index (χ1n) is 8.10. The minimum Gasteiger partial charge on any atom is -0.497 e. The van der Waals surface area contributed by atoms with Crippen molar-refractivity contribution >= 4 is 17.0 Å². The van der Waals surface area contributed by atoms with Crippen LogP contribution in [0.1, 0.15) is 50.6 Å². The molecule has 1 aromatic carbocycles. The van der Waals surface area contributed by atoms with Crippen molar-refractivity contribution in [3.8, 4) is 5.75 Å². The Hall–Kier alpha value is -2.03. The van der Waals surface area contributed by atoms with E-state index in [-0.39, 0.29) is 5.56 Å². The number of pyridine rings is 1. The van der Waals surface area contributed by atoms with Crippen LogP contribution in [0.5, 0.6) is 5.75 Å². The Morgan fingerprint density at radius 2 is 1.95 bits per heavy atom. The van der Waals surface area contributed by atoms with Crippen LogP contribution >= 0.6 is 0 Å². The average molecular weight is 297 g/mol. The Bertz CT molecular complexity index is 752. The second kappa shape index (κ2) is 6.39. The monoisotopic (exact) mass is 297 g/mol. The van der Waals surface area contributed by atoms with E-state index in [1.807, 2.05) is 42.0 Å². The summed E-state index contributed by atoms with van der Waals surface area (Å²) in [4.78, 5) is 12.9. The predicted octanol–water partition coefficient (Wildman–Crippen LogP) is 4.55. The number of ether oxygens (including phenoxy) is 1. The molecule has 1 aliphatic rings. The lowest BCUT2D eigenvalue weighted by molar-refractivity contribution is 0.415. The lowest BCUT2D eigenvalue weighted by Crippen LogP contribution is -2.22. The van der Waals surface area contributed by atoms with Crippen LogP contribution in [0.15, 0.2) is 35.1 Å². The van der Waals surface area contributed by atoms with Crippen LogP contribution in [0.2, 0.25) is 0 Å². The van der Waals surface area contributed by atoms with Gasteiger partial charge < -0.3 is 4.74 Å². The van der Waals surface area contributed by atoms with Gasteiger partial charge in [-0.2, -0.15) is 0 Å². The lowest BCUT2D eigenvalue weighted by Gasteiger charge is -2.24. The zero-order valence-corrected chi connectivity index (χ0v) is 13.3. The summed E-state index contributed by atoms with van der Waals surface area (Å²) >= 11 is 0. The standard InChI is InChI=1S/C19H23NO2/c1-3-11-20-18(14-7-5-4-6-8-14)13-15-12-16(22-2)9-10-17(15)19(20)21/h3,9-14H,4-8H2,1-2H3. The highest BCUT2D eigenvalue weighted by atomic mass is 16.5. The fraction of sp³-hybridized carbons (Fsp3) is 0.421. The van der Waals surface area contributed by atoms with Crippen LogP contribution in [0.3, 0.4) is 0 Å². The summed E-state index contributed by atoms with van der Waals surface area (Å²) in [6.07, 6.45) is 10.00. The largest absolute Gasteiger partial charge is 0.497 e. The second-order valence-electron chi connectivity index (χ2n) is 6.01. The van der Waals surface area contributed by atoms with Crippen LogP contribution in [-0.2, 0) is 0 Å². The molecule has 1 fully saturated rings. The van der Waals surface area contributed by atoms with E-state index in [0.717, 1.165) is 22.2 Å². The predicted molar refractivity (Wildman–Crippen MR) is 91.6 cm³/mol. The van der Waals surface area contributed by atoms with Crippen molar-refractivity contribution in [3.05, 3.63) is 46.4 Å². The van der Waals surface area contributed by atoms with E-state index >= 15 is 0 Å². The number of hydrogen-bond donors (Lipinski definition) is 0. The Morgan fingerprint density at radius 1 is 1.18 bits per heavy atom. The SMILES string of the molecule is CC=Cn1c(C2CCCCC2)cc2cc(OC)ccc2c1=O. The Balaban J connectivity index is 2.22. The number of methoxy groups -OCH3 is 1. The van der Waals surface area contributed by atoms with Crippen LogP contribution < -0.4 is 10.3 Å². The fourth-order valence-electron chi connectivity index (χ4n) is 3.47. The molecule has 2 aromatic rings. The third-order valence-corrected chi connectivity index (χ3v) is 4.61. The van der Waals surface area contributed by atoms with Crippen LogP contribution in [0.25, 0.3) is 17.0 Å². The van der Waals surface area contributed by atoms with Gasteiger partial charge in [0.05, 0.1) is 7.11 Å². The molecule has 3 rings (SSSR count). The Kier molecular flexibility index (Phi) is 4.32. The number of hydrogen-bond acceptors (Lipinski definition) is 2. The maximum atomic E-state index is 12.9. The smallest absolute Gasteiger partial charge is 0.262 e. The molecule has 3 heteroatoms. The number of allylic oxidation sites excluding steroid dienone is 1. The molecule has 22 heavy (non-hydrogen) atoms. The maximum Gasteiger partial charge on any atom is 0.262 e. The first-order valence-corrected chi connectivity index (χ1v) is 8.10. The molecule has 0 bridgehead atoms. The van der Waals surface area contributed by atoms with Gasteiger partial charge >= 0.3 is 0 Å². The van der Waals surface area contributed by atoms with Crippen molar-refractivity contribution in [1.82, 2.24) is 4.57 Å². The molecule has 1 saturated carbocycles. The van der Waals surface area contributed by atoms with Gasteiger partial charge in [0.25, 0.3) is 5.56 Å². The minimum absolute atomic E-state index is 0.0684. The van der Waals surface area contributed by atoms with E-state index in [9.17, 15) is 4.79 Å². The molecule has 1 heterocycles. The summed E-state index contributed by atoms with van der Waals surface area (Å²) in [5.74, 6) is 1.28. The first kappa shape index (κ1) is 14.9. The third kappa shape index (κ3) is 2.68. The van der Waals surface area contributed by atoms with E-state index in [1.165, 1.54) is 32.1 Å². The summed E-state index contributed by atoms with van der Waals surface area (Å²) in [6.45, 7) is 1.95. The molecular weight excluding hydrogens is 274 g/mol. The number of fused-ring (bicyclic) bond motifs is 1. The number of aromatic nitrogens is 1. The molecule has 0 radical (unpaired) electrons. The topological polar surface area (TPSA) is 31.2 Å². The van der Waals surface area contributed by atoms with Gasteiger partial charge in [-0.05, 0) is 55.3 Å². The van der Waals surface area contributed by atoms with E-state index in [4.69, 9.17) is 4.74 Å². The molecule has 0 amide bonds. The summed E-state index contributed by atoms with van der Waals surface area (Å²) in [7, 11) is 1.66. The highest BCUT2D eigenvalue weighted by Crippen LogP contribution is 2.33. The van der Waals surface area contributed by atoms with Crippen molar-refractivity contribution in [2.75, 3.05) is 7.11 Å². The minimum atomic E-state index is 0.0684. The number of nitrogens with zero attached hydrogens (tertiary/aromatic N) is 1. The van der Waals surface area contributed by atoms with Crippen LogP contribution in [0.4, 0.5) is 0 Å². The summed E-state index contributed by atoms with van der Waals surface area (Å²) in [5, 5.41) is 1.73. The summed E-state index contributed by atoms with van der Waals surface area (Å²) < 4.78 is 7.14. The Morgan fingerprint density at radius 3 is 2.64 bits per heavy atom. The van der Waals surface area contributed by atoms with Crippen molar-refractivity contribution in [3.63, 3.8) is 0 Å². The number of rotatable bonds is 3. The fourth-order valence-corrected chi connectivity index (χ4v) is 3.47. The highest BCUT2D eigenvalue weighted by molar-refractivity contribution is 5.84. The van der Waals surface area contributed by atoms with Crippen LogP contribution in [-0.4, -0.2) is 11.7 Å². The summed E-state index contributed by atoms with van der Waals surface area (Å²) in [6, 6.07) is 7.85. The molecule has 0 saturated heterocycles. The van der Waals surface area contributed by atoms with Gasteiger partial charge in [0.15, 0.2) is 0 Å². The highest BCUT2D eigenvalue weighted by Gasteiger charge is 2.20. The zero-order chi connectivity index (χ0) is 15.5. The number of benzene rings is 1. The molecule has 3 nitrogen and oxygen atoms in total. The molecule has 1 aliphatic carbocycles. The van der Waals surface area contributed by atoms with Crippen molar-refractivity contribution in [2.45, 2.75) is 44.9 Å². The van der Waals surface area contributed by atoms with Gasteiger partial charge in [0.2, 0.25) is 0 Å². The molecule has 0 spiro atoms. The Labute approximate surface area is 131 Å². The van der Waals surface area contributed by atoms with Gasteiger partial charge in [0.1, 0.15) is 5.75 Å². The second-order valence-corrected chi connectivity index (χ2v) is 6.01. The molecule has 116 valence electrons. The van der Waals surface area contributed by atoms with Crippen LogP contribution in [0, 0.1) is 0 Å².